The molecule has 0 bridgehead atoms. The Morgan fingerprint density at radius 1 is 1.35 bits per heavy atom. The number of likely N-dealkylation sites (tertiary alicyclic amines) is 1. The molecule has 1 fully saturated rings. The van der Waals surface area contributed by atoms with Crippen LogP contribution in [0.3, 0.4) is 0 Å². The van der Waals surface area contributed by atoms with Crippen LogP contribution in [0.2, 0.25) is 5.02 Å². The van der Waals surface area contributed by atoms with E-state index in [9.17, 15) is 14.3 Å². The van der Waals surface area contributed by atoms with Gasteiger partial charge in [0, 0.05) is 50.9 Å². The number of urea groups is 1. The molecule has 2 amide bonds. The van der Waals surface area contributed by atoms with E-state index in [0.717, 1.165) is 25.7 Å². The summed E-state index contributed by atoms with van der Waals surface area (Å²) in [7, 11) is 3.53. The van der Waals surface area contributed by atoms with E-state index in [0.29, 0.717) is 44.6 Å². The van der Waals surface area contributed by atoms with Crippen LogP contribution in [0.4, 0.5) is 9.18 Å². The summed E-state index contributed by atoms with van der Waals surface area (Å²) in [5.74, 6) is -0.795. The standard InChI is InChI=1S/C26H43ClFN3O3/c1-25(2,3)16-20(17-29-4)30-24(32)31-14-9-10-19(18-31)26(33,13-6-7-15-34-5)21-11-8-12-22(28)23(21)27/h8,11-12,19-20,29,33H,6-7,9-10,13-18H2,1-5H3,(H,30,32)/t19-,20?,26+/m1/s1. The lowest BCUT2D eigenvalue weighted by Gasteiger charge is -2.43. The minimum Gasteiger partial charge on any atom is -0.385 e. The molecule has 0 aromatic heterocycles. The average molecular weight is 500 g/mol. The predicted molar refractivity (Wildman–Crippen MR) is 136 cm³/mol. The van der Waals surface area contributed by atoms with Crippen LogP contribution in [0, 0.1) is 17.2 Å². The summed E-state index contributed by atoms with van der Waals surface area (Å²) >= 11 is 6.34. The van der Waals surface area contributed by atoms with E-state index < -0.39 is 11.4 Å². The molecule has 34 heavy (non-hydrogen) atoms. The Morgan fingerprint density at radius 3 is 2.74 bits per heavy atom. The minimum atomic E-state index is -1.33. The van der Waals surface area contributed by atoms with E-state index >= 15 is 0 Å². The van der Waals surface area contributed by atoms with Crippen LogP contribution in [0.25, 0.3) is 0 Å². The zero-order chi connectivity index (χ0) is 25.4. The summed E-state index contributed by atoms with van der Waals surface area (Å²) in [5.41, 5.74) is -0.850. The first-order chi connectivity index (χ1) is 16.0. The number of halogens is 2. The van der Waals surface area contributed by atoms with Crippen molar-refractivity contribution in [2.75, 3.05) is 40.4 Å². The van der Waals surface area contributed by atoms with Gasteiger partial charge in [0.05, 0.1) is 10.6 Å². The van der Waals surface area contributed by atoms with Gasteiger partial charge < -0.3 is 25.4 Å². The van der Waals surface area contributed by atoms with Crippen LogP contribution >= 0.6 is 11.6 Å². The van der Waals surface area contributed by atoms with Gasteiger partial charge in [0.2, 0.25) is 0 Å². The second-order valence-electron chi connectivity index (χ2n) is 10.7. The lowest BCUT2D eigenvalue weighted by atomic mass is 9.74. The molecule has 1 aliphatic rings. The number of nitrogens with zero attached hydrogens (tertiary/aromatic N) is 1. The lowest BCUT2D eigenvalue weighted by molar-refractivity contribution is -0.0565. The van der Waals surface area contributed by atoms with Crippen LogP contribution in [0.5, 0.6) is 0 Å². The normalized spacial score (nSPS) is 19.5. The van der Waals surface area contributed by atoms with Gasteiger partial charge >= 0.3 is 6.03 Å². The molecule has 1 unspecified atom stereocenters. The number of nitrogens with one attached hydrogen (secondary N) is 2. The minimum absolute atomic E-state index is 0.00321. The second kappa shape index (κ2) is 13.1. The summed E-state index contributed by atoms with van der Waals surface area (Å²) in [6.45, 7) is 8.76. The highest BCUT2D eigenvalue weighted by atomic mass is 35.5. The van der Waals surface area contributed by atoms with Gasteiger partial charge in [-0.05, 0) is 57.1 Å². The zero-order valence-electron chi connectivity index (χ0n) is 21.4. The Morgan fingerprint density at radius 2 is 2.09 bits per heavy atom. The molecule has 3 atom stereocenters. The van der Waals surface area contributed by atoms with Crippen molar-refractivity contribution in [2.45, 2.75) is 70.9 Å². The molecule has 2 rings (SSSR count). The van der Waals surface area contributed by atoms with Gasteiger partial charge in [-0.3, -0.25) is 0 Å². The van der Waals surface area contributed by atoms with Crippen molar-refractivity contribution in [2.24, 2.45) is 11.3 Å². The third-order valence-corrected chi connectivity index (χ3v) is 6.98. The van der Waals surface area contributed by atoms with E-state index in [1.54, 1.807) is 24.1 Å². The molecule has 1 aromatic rings. The predicted octanol–water partition coefficient (Wildman–Crippen LogP) is 4.93. The SMILES string of the molecule is CNCC(CC(C)(C)C)NC(=O)N1CCC[C@@H]([C@@](O)(CCCCOC)c2cccc(F)c2Cl)C1. The number of methoxy groups -OCH3 is 1. The van der Waals surface area contributed by atoms with Crippen LogP contribution in [0.1, 0.15) is 64.9 Å². The summed E-state index contributed by atoms with van der Waals surface area (Å²) in [5, 5.41) is 18.3. The fraction of sp³-hybridized carbons (Fsp3) is 0.731. The summed E-state index contributed by atoms with van der Waals surface area (Å²) in [6.07, 6.45) is 4.25. The van der Waals surface area contributed by atoms with Crippen molar-refractivity contribution in [1.29, 1.82) is 0 Å². The van der Waals surface area contributed by atoms with Crippen LogP contribution in [-0.2, 0) is 10.3 Å². The van der Waals surface area contributed by atoms with Gasteiger partial charge in [0.15, 0.2) is 0 Å². The number of likely N-dealkylation sites (N-methyl/N-ethyl adjacent to an activating group) is 1. The third-order valence-electron chi connectivity index (χ3n) is 6.60. The molecule has 1 aromatic carbocycles. The molecule has 0 spiro atoms. The Hall–Kier alpha value is -1.41. The number of rotatable bonds is 11. The van der Waals surface area contributed by atoms with Crippen molar-refractivity contribution < 1.29 is 19.0 Å². The van der Waals surface area contributed by atoms with Crippen molar-refractivity contribution in [3.63, 3.8) is 0 Å². The maximum atomic E-state index is 14.3. The first-order valence-electron chi connectivity index (χ1n) is 12.4. The molecule has 194 valence electrons. The highest BCUT2D eigenvalue weighted by molar-refractivity contribution is 6.31. The lowest BCUT2D eigenvalue weighted by Crippen LogP contribution is -2.54. The van der Waals surface area contributed by atoms with Gasteiger partial charge in [-0.2, -0.15) is 0 Å². The maximum Gasteiger partial charge on any atom is 0.317 e. The molecule has 1 heterocycles. The summed E-state index contributed by atoms with van der Waals surface area (Å²) in [6, 6.07) is 4.46. The second-order valence-corrected chi connectivity index (χ2v) is 11.1. The fourth-order valence-electron chi connectivity index (χ4n) is 5.01. The van der Waals surface area contributed by atoms with Crippen molar-refractivity contribution in [3.05, 3.63) is 34.6 Å². The number of unbranched alkanes of at least 4 members (excludes halogenated alkanes) is 1. The monoisotopic (exact) mass is 499 g/mol. The zero-order valence-corrected chi connectivity index (χ0v) is 22.2. The highest BCUT2D eigenvalue weighted by Gasteiger charge is 2.43. The molecule has 1 aliphatic heterocycles. The summed E-state index contributed by atoms with van der Waals surface area (Å²) in [4.78, 5) is 15.0. The number of benzene rings is 1. The highest BCUT2D eigenvalue weighted by Crippen LogP contribution is 2.43. The number of piperidine rings is 1. The molecule has 0 radical (unpaired) electrons. The smallest absolute Gasteiger partial charge is 0.317 e. The largest absolute Gasteiger partial charge is 0.385 e. The molecule has 6 nitrogen and oxygen atoms in total. The quantitative estimate of drug-likeness (QED) is 0.377. The van der Waals surface area contributed by atoms with E-state index in [2.05, 4.69) is 31.4 Å². The van der Waals surface area contributed by atoms with E-state index in [-0.39, 0.29) is 28.4 Å². The summed E-state index contributed by atoms with van der Waals surface area (Å²) < 4.78 is 19.5. The van der Waals surface area contributed by atoms with Gasteiger partial charge in [-0.25, -0.2) is 9.18 Å². The molecule has 8 heteroatoms. The molecular formula is C26H43ClFN3O3. The topological polar surface area (TPSA) is 73.8 Å². The number of ether oxygens (including phenoxy) is 1. The number of hydrogen-bond acceptors (Lipinski definition) is 4. The first kappa shape index (κ1) is 28.8. The van der Waals surface area contributed by atoms with Crippen LogP contribution in [0.15, 0.2) is 18.2 Å². The molecule has 1 saturated heterocycles. The molecule has 3 N–H and O–H groups in total. The van der Waals surface area contributed by atoms with Gasteiger partial charge in [0.25, 0.3) is 0 Å². The van der Waals surface area contributed by atoms with Gasteiger partial charge in [0.1, 0.15) is 5.82 Å². The van der Waals surface area contributed by atoms with E-state index in [1.807, 2.05) is 7.05 Å². The first-order valence-corrected chi connectivity index (χ1v) is 12.8. The third kappa shape index (κ3) is 8.08. The van der Waals surface area contributed by atoms with Crippen molar-refractivity contribution >= 4 is 17.6 Å². The number of amides is 2. The van der Waals surface area contributed by atoms with E-state index in [4.69, 9.17) is 16.3 Å². The molecule has 0 saturated carbocycles. The van der Waals surface area contributed by atoms with Gasteiger partial charge in [-0.1, -0.05) is 44.5 Å². The Kier molecular flexibility index (Phi) is 11.1. The molecular weight excluding hydrogens is 457 g/mol. The van der Waals surface area contributed by atoms with E-state index in [1.165, 1.54) is 6.07 Å². The maximum absolute atomic E-state index is 14.3. The van der Waals surface area contributed by atoms with Crippen LogP contribution in [-0.4, -0.2) is 62.5 Å². The van der Waals surface area contributed by atoms with Crippen molar-refractivity contribution in [1.82, 2.24) is 15.5 Å². The molecule has 0 aliphatic carbocycles. The average Bonchev–Trinajstić information content (AvgIpc) is 2.77. The van der Waals surface area contributed by atoms with Gasteiger partial charge in [-0.15, -0.1) is 0 Å². The Balaban J connectivity index is 2.22. The van der Waals surface area contributed by atoms with Crippen LogP contribution < -0.4 is 10.6 Å². The number of aliphatic hydroxyl groups is 1. The van der Waals surface area contributed by atoms with Crippen molar-refractivity contribution in [3.8, 4) is 0 Å². The Bertz CT molecular complexity index is 789. The number of carbonyl (C=O) groups excluding carboxylic acids is 1. The number of carbonyl (C=O) groups is 1. The number of hydrogen-bond donors (Lipinski definition) is 3. The fourth-order valence-corrected chi connectivity index (χ4v) is 5.30. The Labute approximate surface area is 209 Å².